The van der Waals surface area contributed by atoms with Crippen molar-refractivity contribution in [1.29, 1.82) is 0 Å². The zero-order valence-corrected chi connectivity index (χ0v) is 19.4. The SMILES string of the molecule is CCOC(=O)c1nnc(NC(=O)C(NS(=O)(=O)c2ccc3c(c2)OCCCO3)C(C)C)s1. The van der Waals surface area contributed by atoms with Gasteiger partial charge >= 0.3 is 5.97 Å². The minimum Gasteiger partial charge on any atom is -0.490 e. The van der Waals surface area contributed by atoms with E-state index in [0.29, 0.717) is 31.1 Å². The van der Waals surface area contributed by atoms with Gasteiger partial charge < -0.3 is 14.2 Å². The Labute approximate surface area is 189 Å². The van der Waals surface area contributed by atoms with Crippen molar-refractivity contribution < 1.29 is 32.2 Å². The molecule has 1 aromatic carbocycles. The molecule has 1 atom stereocenters. The van der Waals surface area contributed by atoms with E-state index in [4.69, 9.17) is 14.2 Å². The summed E-state index contributed by atoms with van der Waals surface area (Å²) in [5, 5.41) is 9.95. The molecule has 0 bridgehead atoms. The van der Waals surface area contributed by atoms with Gasteiger partial charge in [-0.1, -0.05) is 25.2 Å². The van der Waals surface area contributed by atoms with Crippen LogP contribution in [0.15, 0.2) is 23.1 Å². The van der Waals surface area contributed by atoms with E-state index in [2.05, 4.69) is 20.2 Å². The number of esters is 1. The van der Waals surface area contributed by atoms with Crippen LogP contribution in [-0.4, -0.2) is 56.4 Å². The summed E-state index contributed by atoms with van der Waals surface area (Å²) in [6.45, 7) is 6.13. The van der Waals surface area contributed by atoms with Gasteiger partial charge in [0.15, 0.2) is 11.5 Å². The van der Waals surface area contributed by atoms with Gasteiger partial charge in [-0.3, -0.25) is 10.1 Å². The largest absolute Gasteiger partial charge is 0.490 e. The van der Waals surface area contributed by atoms with Crippen molar-refractivity contribution in [1.82, 2.24) is 14.9 Å². The van der Waals surface area contributed by atoms with Gasteiger partial charge in [0.1, 0.15) is 6.04 Å². The van der Waals surface area contributed by atoms with Crippen molar-refractivity contribution in [3.8, 4) is 11.5 Å². The molecule has 0 saturated carbocycles. The molecule has 0 fully saturated rings. The van der Waals surface area contributed by atoms with E-state index >= 15 is 0 Å². The summed E-state index contributed by atoms with van der Waals surface area (Å²) in [5.74, 6) is -0.877. The van der Waals surface area contributed by atoms with Gasteiger partial charge in [-0.05, 0) is 25.0 Å². The van der Waals surface area contributed by atoms with Crippen LogP contribution in [0.25, 0.3) is 0 Å². The first-order valence-electron chi connectivity index (χ1n) is 9.94. The van der Waals surface area contributed by atoms with Gasteiger partial charge in [0.25, 0.3) is 0 Å². The number of amides is 1. The number of sulfonamides is 1. The lowest BCUT2D eigenvalue weighted by molar-refractivity contribution is -0.118. The van der Waals surface area contributed by atoms with Crippen LogP contribution in [0.1, 0.15) is 37.0 Å². The Hall–Kier alpha value is -2.77. The lowest BCUT2D eigenvalue weighted by Gasteiger charge is -2.21. The molecule has 3 rings (SSSR count). The smallest absolute Gasteiger partial charge is 0.369 e. The number of hydrogen-bond acceptors (Lipinski definition) is 10. The second-order valence-corrected chi connectivity index (χ2v) is 9.82. The van der Waals surface area contributed by atoms with Crippen molar-refractivity contribution in [2.75, 3.05) is 25.1 Å². The Morgan fingerprint density at radius 3 is 2.59 bits per heavy atom. The van der Waals surface area contributed by atoms with Gasteiger partial charge in [-0.2, -0.15) is 4.72 Å². The fraction of sp³-hybridized carbons (Fsp3) is 0.474. The van der Waals surface area contributed by atoms with Gasteiger partial charge in [-0.15, -0.1) is 10.2 Å². The number of carbonyl (C=O) groups excluding carboxylic acids is 2. The summed E-state index contributed by atoms with van der Waals surface area (Å²) in [5.41, 5.74) is 0. The molecule has 2 aromatic rings. The maximum absolute atomic E-state index is 13.0. The van der Waals surface area contributed by atoms with Crippen LogP contribution in [0, 0.1) is 5.92 Å². The highest BCUT2D eigenvalue weighted by Gasteiger charge is 2.30. The fourth-order valence-electron chi connectivity index (χ4n) is 2.77. The summed E-state index contributed by atoms with van der Waals surface area (Å²) in [4.78, 5) is 24.4. The molecule has 1 unspecified atom stereocenters. The zero-order valence-electron chi connectivity index (χ0n) is 17.8. The first kappa shape index (κ1) is 23.9. The number of nitrogens with zero attached hydrogens (tertiary/aromatic N) is 2. The molecule has 1 aliphatic rings. The molecule has 1 amide bonds. The third-order valence-electron chi connectivity index (χ3n) is 4.37. The Morgan fingerprint density at radius 1 is 1.19 bits per heavy atom. The van der Waals surface area contributed by atoms with Crippen molar-refractivity contribution in [2.45, 2.75) is 38.1 Å². The highest BCUT2D eigenvalue weighted by atomic mass is 32.2. The minimum absolute atomic E-state index is 0.0176. The standard InChI is InChI=1S/C19H24N4O7S2/c1-4-28-18(25)17-21-22-19(31-17)20-16(24)15(11(2)3)23-32(26,27)12-6-7-13-14(10-12)30-9-5-8-29-13/h6-7,10-11,15,23H,4-5,8-9H2,1-3H3,(H,20,22,24). The fourth-order valence-corrected chi connectivity index (χ4v) is 4.77. The van der Waals surface area contributed by atoms with Crippen LogP contribution in [0.2, 0.25) is 0 Å². The molecule has 1 aliphatic heterocycles. The van der Waals surface area contributed by atoms with E-state index in [1.54, 1.807) is 20.8 Å². The van der Waals surface area contributed by atoms with Crippen LogP contribution in [0.4, 0.5) is 5.13 Å². The maximum atomic E-state index is 13.0. The normalized spacial score (nSPS) is 14.5. The third kappa shape index (κ3) is 5.72. The Bertz CT molecular complexity index is 1090. The highest BCUT2D eigenvalue weighted by molar-refractivity contribution is 7.89. The first-order chi connectivity index (χ1) is 15.2. The van der Waals surface area contributed by atoms with Gasteiger partial charge in [0, 0.05) is 12.5 Å². The van der Waals surface area contributed by atoms with Crippen molar-refractivity contribution >= 4 is 38.4 Å². The summed E-state index contributed by atoms with van der Waals surface area (Å²) >= 11 is 0.834. The Morgan fingerprint density at radius 2 is 1.91 bits per heavy atom. The molecule has 0 radical (unpaired) electrons. The van der Waals surface area contributed by atoms with Crippen LogP contribution in [0.3, 0.4) is 0 Å². The Balaban J connectivity index is 1.75. The van der Waals surface area contributed by atoms with E-state index in [1.165, 1.54) is 18.2 Å². The van der Waals surface area contributed by atoms with Crippen LogP contribution < -0.4 is 19.5 Å². The third-order valence-corrected chi connectivity index (χ3v) is 6.62. The number of hydrogen-bond donors (Lipinski definition) is 2. The van der Waals surface area contributed by atoms with Crippen LogP contribution >= 0.6 is 11.3 Å². The van der Waals surface area contributed by atoms with Crippen molar-refractivity contribution in [2.24, 2.45) is 5.92 Å². The summed E-state index contributed by atoms with van der Waals surface area (Å²) in [6, 6.07) is 3.18. The quantitative estimate of drug-likeness (QED) is 0.536. The molecule has 1 aromatic heterocycles. The van der Waals surface area contributed by atoms with Gasteiger partial charge in [-0.25, -0.2) is 13.2 Å². The average molecular weight is 485 g/mol. The lowest BCUT2D eigenvalue weighted by Crippen LogP contribution is -2.47. The molecular weight excluding hydrogens is 460 g/mol. The van der Waals surface area contributed by atoms with Crippen LogP contribution in [0.5, 0.6) is 11.5 Å². The minimum atomic E-state index is -4.06. The monoisotopic (exact) mass is 484 g/mol. The molecule has 13 heteroatoms. The van der Waals surface area contributed by atoms with Crippen LogP contribution in [-0.2, 0) is 19.6 Å². The predicted octanol–water partition coefficient (Wildman–Crippen LogP) is 1.82. The predicted molar refractivity (Wildman–Crippen MR) is 115 cm³/mol. The number of aromatic nitrogens is 2. The van der Waals surface area contributed by atoms with E-state index < -0.39 is 27.9 Å². The molecule has 0 spiro atoms. The average Bonchev–Trinajstić information content (AvgIpc) is 3.08. The van der Waals surface area contributed by atoms with Crippen molar-refractivity contribution in [3.63, 3.8) is 0 Å². The Kier molecular flexibility index (Phi) is 7.64. The van der Waals surface area contributed by atoms with Gasteiger partial charge in [0.2, 0.25) is 26.1 Å². The number of anilines is 1. The van der Waals surface area contributed by atoms with E-state index in [-0.39, 0.29) is 27.6 Å². The van der Waals surface area contributed by atoms with E-state index in [9.17, 15) is 18.0 Å². The van der Waals surface area contributed by atoms with Gasteiger partial charge in [0.05, 0.1) is 24.7 Å². The molecule has 0 saturated heterocycles. The highest BCUT2D eigenvalue weighted by Crippen LogP contribution is 2.32. The molecule has 32 heavy (non-hydrogen) atoms. The summed E-state index contributed by atoms with van der Waals surface area (Å²) in [7, 11) is -4.06. The number of benzene rings is 1. The molecule has 174 valence electrons. The topological polar surface area (TPSA) is 146 Å². The summed E-state index contributed by atoms with van der Waals surface area (Å²) in [6.07, 6.45) is 0.689. The van der Waals surface area contributed by atoms with Crippen molar-refractivity contribution in [3.05, 3.63) is 23.2 Å². The number of ether oxygens (including phenoxy) is 3. The molecule has 2 N–H and O–H groups in total. The number of rotatable bonds is 8. The van der Waals surface area contributed by atoms with E-state index in [1.807, 2.05) is 0 Å². The molecular formula is C19H24N4O7S2. The number of fused-ring (bicyclic) bond motifs is 1. The first-order valence-corrected chi connectivity index (χ1v) is 12.2. The second-order valence-electron chi connectivity index (χ2n) is 7.12. The zero-order chi connectivity index (χ0) is 23.3. The molecule has 0 aliphatic carbocycles. The lowest BCUT2D eigenvalue weighted by atomic mass is 10.1. The summed E-state index contributed by atoms with van der Waals surface area (Å²) < 4.78 is 44.3. The second kappa shape index (κ2) is 10.2. The number of carbonyl (C=O) groups is 2. The maximum Gasteiger partial charge on any atom is 0.369 e. The molecule has 2 heterocycles. The number of nitrogens with one attached hydrogen (secondary N) is 2. The van der Waals surface area contributed by atoms with E-state index in [0.717, 1.165) is 11.3 Å². The molecule has 11 nitrogen and oxygen atoms in total.